The third kappa shape index (κ3) is 0.855. The van der Waals surface area contributed by atoms with Crippen molar-refractivity contribution in [1.29, 1.82) is 5.26 Å². The Kier molecular flexibility index (Phi) is 1.29. The largest absolute Gasteiger partial charge is 0.192 e. The van der Waals surface area contributed by atoms with Crippen LogP contribution in [0.5, 0.6) is 0 Å². The minimum atomic E-state index is 0.715. The number of benzene rings is 1. The molecule has 0 bridgehead atoms. The van der Waals surface area contributed by atoms with Gasteiger partial charge in [-0.05, 0) is 12.1 Å². The van der Waals surface area contributed by atoms with E-state index >= 15 is 0 Å². The van der Waals surface area contributed by atoms with Gasteiger partial charge in [-0.15, -0.1) is 0 Å². The van der Waals surface area contributed by atoms with Crippen LogP contribution in [0.3, 0.4) is 0 Å². The van der Waals surface area contributed by atoms with E-state index in [0.29, 0.717) is 5.56 Å². The molecule has 0 aliphatic rings. The van der Waals surface area contributed by atoms with E-state index in [2.05, 4.69) is 0 Å². The van der Waals surface area contributed by atoms with Gasteiger partial charge in [0.15, 0.2) is 0 Å². The summed E-state index contributed by atoms with van der Waals surface area (Å²) in [4.78, 5) is 0. The second kappa shape index (κ2) is 2.13. The van der Waals surface area contributed by atoms with Crippen molar-refractivity contribution in [3.8, 4) is 6.07 Å². The van der Waals surface area contributed by atoms with Crippen molar-refractivity contribution in [3.05, 3.63) is 35.9 Å². The zero-order valence-electron chi connectivity index (χ0n) is 4.33. The third-order valence-corrected chi connectivity index (χ3v) is 0.903. The number of rotatable bonds is 0. The first-order chi connectivity index (χ1) is 3.93. The minimum Gasteiger partial charge on any atom is -0.192 e. The van der Waals surface area contributed by atoms with E-state index in [0.717, 1.165) is 0 Å². The van der Waals surface area contributed by atoms with Crippen LogP contribution in [0.25, 0.3) is 0 Å². The molecule has 0 atom stereocenters. The Labute approximate surface area is 48.2 Å². The summed E-state index contributed by atoms with van der Waals surface area (Å²) in [7, 11) is 0. The molecule has 1 nitrogen and oxygen atoms in total. The third-order valence-electron chi connectivity index (χ3n) is 0.903. The van der Waals surface area contributed by atoms with Crippen molar-refractivity contribution in [3.63, 3.8) is 0 Å². The van der Waals surface area contributed by atoms with Gasteiger partial charge in [-0.25, -0.2) is 0 Å². The summed E-state index contributed by atoms with van der Waals surface area (Å²) in [6.07, 6.45) is 0. The van der Waals surface area contributed by atoms with Crippen LogP contribution < -0.4 is 0 Å². The molecule has 1 rings (SSSR count). The van der Waals surface area contributed by atoms with E-state index in [9.17, 15) is 0 Å². The first-order valence-electron chi connectivity index (χ1n) is 2.38. The van der Waals surface area contributed by atoms with Crippen molar-refractivity contribution in [1.82, 2.24) is 0 Å². The van der Waals surface area contributed by atoms with Gasteiger partial charge < -0.3 is 0 Å². The molecule has 38 valence electrons. The zero-order chi connectivity index (χ0) is 5.82. The van der Waals surface area contributed by atoms with Crippen molar-refractivity contribution in [2.24, 2.45) is 0 Å². The maximum Gasteiger partial charge on any atom is 0.0991 e. The first-order valence-corrected chi connectivity index (χ1v) is 2.38. The van der Waals surface area contributed by atoms with Crippen molar-refractivity contribution >= 4 is 0 Å². The average Bonchev–Trinajstić information content (AvgIpc) is 1.90. The molecule has 8 heavy (non-hydrogen) atoms. The predicted molar refractivity (Wildman–Crippen MR) is 31.2 cm³/mol. The zero-order valence-corrected chi connectivity index (χ0v) is 4.33. The smallest absolute Gasteiger partial charge is 0.0991 e. The van der Waals surface area contributed by atoms with Crippen molar-refractivity contribution in [2.45, 2.75) is 0 Å². The topological polar surface area (TPSA) is 23.8 Å². The second-order valence-corrected chi connectivity index (χ2v) is 1.48. The lowest BCUT2D eigenvalue weighted by Gasteiger charge is -1.80. The molecule has 0 amide bonds. The first kappa shape index (κ1) is 4.86. The van der Waals surface area contributed by atoms with Crippen LogP contribution in [0.2, 0.25) is 0 Å². The molecule has 0 aromatic heterocycles. The molecular formula is C7H5N. The molecule has 0 saturated carbocycles. The molecule has 0 saturated heterocycles. The monoisotopic (exact) mass is 102 g/mol. The molecule has 1 aromatic carbocycles. The fraction of sp³-hybridized carbons (Fsp3) is 0. The van der Waals surface area contributed by atoms with Gasteiger partial charge in [0.2, 0.25) is 0 Å². The van der Waals surface area contributed by atoms with Gasteiger partial charge in [0.25, 0.3) is 0 Å². The Morgan fingerprint density at radius 2 is 1.75 bits per heavy atom. The fourth-order valence-electron chi connectivity index (χ4n) is 0.513. The van der Waals surface area contributed by atoms with Crippen LogP contribution in [0, 0.1) is 11.3 Å². The molecule has 0 fully saturated rings. The van der Waals surface area contributed by atoms with Crippen LogP contribution in [0.1, 0.15) is 5.56 Å². The van der Waals surface area contributed by atoms with Crippen LogP contribution in [-0.4, -0.2) is 0 Å². The molecule has 0 spiro atoms. The van der Waals surface area contributed by atoms with Crippen LogP contribution >= 0.6 is 0 Å². The molecule has 0 aliphatic heterocycles. The highest BCUT2D eigenvalue weighted by molar-refractivity contribution is 5.27. The van der Waals surface area contributed by atoms with Gasteiger partial charge in [0, 0.05) is 0 Å². The number of nitrogens with zero attached hydrogens (tertiary/aromatic N) is 1. The summed E-state index contributed by atoms with van der Waals surface area (Å²) in [5.74, 6) is 0. The lowest BCUT2D eigenvalue weighted by atomic mass is 10.0. The number of hydrogen-bond donors (Lipinski definition) is 0. The average molecular weight is 102 g/mol. The fourth-order valence-corrected chi connectivity index (χ4v) is 0.513. The van der Waals surface area contributed by atoms with E-state index in [-0.39, 0.29) is 0 Å². The Balaban J connectivity index is 3.05. The molecule has 1 aromatic rings. The van der Waals surface area contributed by atoms with Gasteiger partial charge in [-0.1, -0.05) is 18.2 Å². The lowest BCUT2D eigenvalue weighted by Crippen LogP contribution is -1.66. The van der Waals surface area contributed by atoms with Crippen LogP contribution in [0.4, 0.5) is 0 Å². The molecule has 0 aliphatic carbocycles. The van der Waals surface area contributed by atoms with Crippen molar-refractivity contribution in [2.75, 3.05) is 0 Å². The van der Waals surface area contributed by atoms with E-state index in [1.165, 1.54) is 0 Å². The predicted octanol–water partition coefficient (Wildman–Crippen LogP) is 1.56. The quantitative estimate of drug-likeness (QED) is 0.487. The molecule has 0 radical (unpaired) electrons. The van der Waals surface area contributed by atoms with Crippen LogP contribution in [-0.2, 0) is 0 Å². The Morgan fingerprint density at radius 1 is 1.12 bits per heavy atom. The SMILES string of the molecule is N#[11C]c1ccccc1. The summed E-state index contributed by atoms with van der Waals surface area (Å²) >= 11 is 0. The normalized spacial score (nSPS) is 7.88. The molecule has 0 heterocycles. The van der Waals surface area contributed by atoms with Gasteiger partial charge in [-0.3, -0.25) is 0 Å². The highest BCUT2D eigenvalue weighted by Gasteiger charge is 1.79. The maximum absolute atomic E-state index is 8.29. The maximum atomic E-state index is 8.29. The standard InChI is InChI=1S/C7H5N/c8-6-7-4-2-1-3-5-7/h1-5H/i6-1. The van der Waals surface area contributed by atoms with Gasteiger partial charge in [0.1, 0.15) is 0 Å². The van der Waals surface area contributed by atoms with Crippen LogP contribution in [0.15, 0.2) is 30.3 Å². The van der Waals surface area contributed by atoms with Crippen molar-refractivity contribution < 1.29 is 0 Å². The number of nitriles is 1. The second-order valence-electron chi connectivity index (χ2n) is 1.48. The van der Waals surface area contributed by atoms with E-state index < -0.39 is 0 Å². The summed E-state index contributed by atoms with van der Waals surface area (Å²) in [5.41, 5.74) is 0.715. The number of hydrogen-bond acceptors (Lipinski definition) is 1. The van der Waals surface area contributed by atoms with E-state index in [1.54, 1.807) is 12.1 Å². The molecule has 1 heteroatoms. The summed E-state index contributed by atoms with van der Waals surface area (Å²) in [5, 5.41) is 8.29. The highest BCUT2D eigenvalue weighted by atomic mass is 14.1. The highest BCUT2D eigenvalue weighted by Crippen LogP contribution is 1.92. The lowest BCUT2D eigenvalue weighted by molar-refractivity contribution is 1.49. The van der Waals surface area contributed by atoms with Gasteiger partial charge >= 0.3 is 0 Å². The Morgan fingerprint density at radius 3 is 2.12 bits per heavy atom. The molecular weight excluding hydrogens is 97.1 g/mol. The Bertz CT molecular complexity index is 195. The summed E-state index contributed by atoms with van der Waals surface area (Å²) < 4.78 is 0. The minimum absolute atomic E-state index is 0.715. The Hall–Kier alpha value is -1.29. The van der Waals surface area contributed by atoms with Gasteiger partial charge in [0.05, 0.1) is 11.6 Å². The summed E-state index contributed by atoms with van der Waals surface area (Å²) in [6.45, 7) is 0. The summed E-state index contributed by atoms with van der Waals surface area (Å²) in [6, 6.07) is 11.2. The van der Waals surface area contributed by atoms with E-state index in [1.807, 2.05) is 24.3 Å². The van der Waals surface area contributed by atoms with E-state index in [4.69, 9.17) is 5.26 Å². The molecule has 0 N–H and O–H groups in total. The van der Waals surface area contributed by atoms with Gasteiger partial charge in [-0.2, -0.15) is 5.26 Å². The molecule has 0 unspecified atom stereocenters.